The standard InChI is InChI=1S/C30H50O9/c1-15(4-9-24(34)39-28-27(37)26(36)25(35)22(14-31)38-28)19-7-8-20-18-6-5-16-12-17(32)10-11-29(16,2)21(18)13-23(33)30(19,20)3/h15-23,25-28,31-33,35-37H,4-14H2,1-3H3. The monoisotopic (exact) mass is 554 g/mol. The predicted octanol–water partition coefficient (Wildman–Crippen LogP) is 1.74. The van der Waals surface area contributed by atoms with Gasteiger partial charge in [-0.1, -0.05) is 20.8 Å². The highest BCUT2D eigenvalue weighted by Crippen LogP contribution is 2.68. The van der Waals surface area contributed by atoms with Gasteiger partial charge in [-0.25, -0.2) is 0 Å². The summed E-state index contributed by atoms with van der Waals surface area (Å²) < 4.78 is 10.6. The van der Waals surface area contributed by atoms with Crippen LogP contribution in [-0.4, -0.2) is 86.1 Å². The third kappa shape index (κ3) is 4.98. The van der Waals surface area contributed by atoms with Crippen molar-refractivity contribution < 1.29 is 44.9 Å². The SMILES string of the molecule is CC(CCC(=O)OC1OC(CO)C(O)C(O)C1O)C1CCC2C3CCC4CC(O)CCC4(C)C3CC(O)C12C. The summed E-state index contributed by atoms with van der Waals surface area (Å²) in [5, 5.41) is 61.5. The van der Waals surface area contributed by atoms with E-state index < -0.39 is 43.3 Å². The van der Waals surface area contributed by atoms with Crippen LogP contribution in [0.3, 0.4) is 0 Å². The molecular formula is C30H50O9. The molecule has 5 rings (SSSR count). The Balaban J connectivity index is 1.20. The van der Waals surface area contributed by atoms with Gasteiger partial charge in [0.15, 0.2) is 0 Å². The molecule has 0 bridgehead atoms. The van der Waals surface area contributed by atoms with Crippen LogP contribution in [0.25, 0.3) is 0 Å². The van der Waals surface area contributed by atoms with E-state index in [0.717, 1.165) is 38.5 Å². The second kappa shape index (κ2) is 11.1. The lowest BCUT2D eigenvalue weighted by Crippen LogP contribution is -2.59. The summed E-state index contributed by atoms with van der Waals surface area (Å²) in [6, 6.07) is 0. The summed E-state index contributed by atoms with van der Waals surface area (Å²) in [7, 11) is 0. The molecule has 224 valence electrons. The number of aliphatic hydroxyl groups is 6. The van der Waals surface area contributed by atoms with Crippen LogP contribution in [0.5, 0.6) is 0 Å². The first-order valence-corrected chi connectivity index (χ1v) is 15.3. The zero-order chi connectivity index (χ0) is 28.3. The lowest BCUT2D eigenvalue weighted by atomic mass is 9.43. The molecule has 1 heterocycles. The molecule has 5 fully saturated rings. The molecule has 39 heavy (non-hydrogen) atoms. The topological polar surface area (TPSA) is 157 Å². The Hall–Kier alpha value is -0.810. The number of carbonyl (C=O) groups is 1. The van der Waals surface area contributed by atoms with Crippen LogP contribution in [0.2, 0.25) is 0 Å². The molecule has 1 saturated heterocycles. The summed E-state index contributed by atoms with van der Waals surface area (Å²) >= 11 is 0. The van der Waals surface area contributed by atoms with E-state index in [2.05, 4.69) is 20.8 Å². The van der Waals surface area contributed by atoms with Crippen LogP contribution in [0, 0.1) is 46.3 Å². The maximum absolute atomic E-state index is 12.7. The highest BCUT2D eigenvalue weighted by atomic mass is 16.7. The molecule has 5 aliphatic rings. The molecule has 1 aliphatic heterocycles. The van der Waals surface area contributed by atoms with Crippen molar-refractivity contribution in [2.45, 2.75) is 128 Å². The molecule has 0 aromatic heterocycles. The molecule has 15 atom stereocenters. The van der Waals surface area contributed by atoms with Crippen LogP contribution in [0.4, 0.5) is 0 Å². The van der Waals surface area contributed by atoms with Gasteiger partial charge in [-0.2, -0.15) is 0 Å². The Morgan fingerprint density at radius 2 is 1.69 bits per heavy atom. The number of rotatable bonds is 6. The summed E-state index contributed by atoms with van der Waals surface area (Å²) in [5.41, 5.74) is 0.00145. The Labute approximate surface area is 231 Å². The van der Waals surface area contributed by atoms with Gasteiger partial charge in [-0.3, -0.25) is 4.79 Å². The van der Waals surface area contributed by atoms with Crippen LogP contribution in [0.1, 0.15) is 85.0 Å². The highest BCUT2D eigenvalue weighted by molar-refractivity contribution is 5.69. The maximum atomic E-state index is 12.7. The predicted molar refractivity (Wildman–Crippen MR) is 141 cm³/mol. The van der Waals surface area contributed by atoms with E-state index in [4.69, 9.17) is 9.47 Å². The molecule has 0 aromatic carbocycles. The third-order valence-corrected chi connectivity index (χ3v) is 12.4. The fourth-order valence-electron chi connectivity index (χ4n) is 10.1. The fraction of sp³-hybridized carbons (Fsp3) is 0.967. The van der Waals surface area contributed by atoms with E-state index in [0.29, 0.717) is 30.1 Å². The minimum Gasteiger partial charge on any atom is -0.433 e. The first kappa shape index (κ1) is 29.7. The fourth-order valence-corrected chi connectivity index (χ4v) is 10.1. The smallest absolute Gasteiger partial charge is 0.308 e. The van der Waals surface area contributed by atoms with Gasteiger partial charge < -0.3 is 40.1 Å². The van der Waals surface area contributed by atoms with Crippen molar-refractivity contribution in [3.05, 3.63) is 0 Å². The van der Waals surface area contributed by atoms with E-state index in [9.17, 15) is 35.4 Å². The molecule has 0 spiro atoms. The summed E-state index contributed by atoms with van der Waals surface area (Å²) in [6.07, 6.45) is 0.964. The van der Waals surface area contributed by atoms with Gasteiger partial charge in [0.25, 0.3) is 0 Å². The lowest BCUT2D eigenvalue weighted by molar-refractivity contribution is -0.292. The molecule has 6 N–H and O–H groups in total. The summed E-state index contributed by atoms with van der Waals surface area (Å²) in [5.74, 6) is 2.01. The number of ether oxygens (including phenoxy) is 2. The summed E-state index contributed by atoms with van der Waals surface area (Å²) in [6.45, 7) is 6.27. The normalized spacial score (nSPS) is 52.3. The molecule has 4 aliphatic carbocycles. The van der Waals surface area contributed by atoms with Gasteiger partial charge in [0, 0.05) is 6.42 Å². The van der Waals surface area contributed by atoms with Crippen LogP contribution in [0.15, 0.2) is 0 Å². The molecule has 0 radical (unpaired) electrons. The molecule has 0 aromatic rings. The highest BCUT2D eigenvalue weighted by Gasteiger charge is 2.63. The number of hydrogen-bond donors (Lipinski definition) is 6. The van der Waals surface area contributed by atoms with Crippen molar-refractivity contribution in [2.75, 3.05) is 6.61 Å². The van der Waals surface area contributed by atoms with Gasteiger partial charge in [-0.15, -0.1) is 0 Å². The molecule has 4 saturated carbocycles. The van der Waals surface area contributed by atoms with Crippen LogP contribution < -0.4 is 0 Å². The van der Waals surface area contributed by atoms with Gasteiger partial charge >= 0.3 is 5.97 Å². The van der Waals surface area contributed by atoms with Gasteiger partial charge in [0.05, 0.1) is 18.8 Å². The van der Waals surface area contributed by atoms with E-state index in [1.807, 2.05) is 0 Å². The molecule has 9 nitrogen and oxygen atoms in total. The zero-order valence-corrected chi connectivity index (χ0v) is 23.7. The number of aliphatic hydroxyl groups excluding tert-OH is 6. The quantitative estimate of drug-likeness (QED) is 0.269. The van der Waals surface area contributed by atoms with Crippen LogP contribution >= 0.6 is 0 Å². The van der Waals surface area contributed by atoms with Crippen molar-refractivity contribution >= 4 is 5.97 Å². The molecule has 0 amide bonds. The number of carbonyl (C=O) groups excluding carboxylic acids is 1. The summed E-state index contributed by atoms with van der Waals surface area (Å²) in [4.78, 5) is 12.7. The Morgan fingerprint density at radius 3 is 2.41 bits per heavy atom. The average molecular weight is 555 g/mol. The van der Waals surface area contributed by atoms with Crippen molar-refractivity contribution in [1.29, 1.82) is 0 Å². The van der Waals surface area contributed by atoms with Crippen molar-refractivity contribution in [3.63, 3.8) is 0 Å². The Bertz CT molecular complexity index is 882. The van der Waals surface area contributed by atoms with Crippen molar-refractivity contribution in [2.24, 2.45) is 46.3 Å². The number of esters is 1. The second-order valence-electron chi connectivity index (χ2n) is 14.1. The minimum atomic E-state index is -1.60. The number of hydrogen-bond acceptors (Lipinski definition) is 9. The largest absolute Gasteiger partial charge is 0.433 e. The van der Waals surface area contributed by atoms with Crippen molar-refractivity contribution in [1.82, 2.24) is 0 Å². The first-order valence-electron chi connectivity index (χ1n) is 15.3. The van der Waals surface area contributed by atoms with E-state index in [1.165, 1.54) is 12.8 Å². The average Bonchev–Trinajstić information content (AvgIpc) is 3.27. The van der Waals surface area contributed by atoms with E-state index in [-0.39, 0.29) is 41.3 Å². The minimum absolute atomic E-state index is 0.109. The zero-order valence-electron chi connectivity index (χ0n) is 23.7. The first-order chi connectivity index (χ1) is 18.4. The van der Waals surface area contributed by atoms with Gasteiger partial charge in [-0.05, 0) is 104 Å². The molecule has 9 heteroatoms. The maximum Gasteiger partial charge on any atom is 0.308 e. The Kier molecular flexibility index (Phi) is 8.46. The molecular weight excluding hydrogens is 504 g/mol. The van der Waals surface area contributed by atoms with Gasteiger partial charge in [0.2, 0.25) is 6.29 Å². The Morgan fingerprint density at radius 1 is 0.949 bits per heavy atom. The number of fused-ring (bicyclic) bond motifs is 5. The second-order valence-corrected chi connectivity index (χ2v) is 14.1. The van der Waals surface area contributed by atoms with E-state index >= 15 is 0 Å². The van der Waals surface area contributed by atoms with Crippen LogP contribution in [-0.2, 0) is 14.3 Å². The lowest BCUT2D eigenvalue weighted by Gasteiger charge is -2.62. The van der Waals surface area contributed by atoms with E-state index in [1.54, 1.807) is 0 Å². The molecule has 15 unspecified atom stereocenters. The van der Waals surface area contributed by atoms with Gasteiger partial charge in [0.1, 0.15) is 24.4 Å². The van der Waals surface area contributed by atoms with Crippen molar-refractivity contribution in [3.8, 4) is 0 Å². The third-order valence-electron chi connectivity index (χ3n) is 12.4.